The molecule has 3 rings (SSSR count). The van der Waals surface area contributed by atoms with Crippen molar-refractivity contribution in [3.8, 4) is 0 Å². The first-order chi connectivity index (χ1) is 12.1. The van der Waals surface area contributed by atoms with Crippen LogP contribution in [0.4, 0.5) is 5.69 Å². The van der Waals surface area contributed by atoms with Gasteiger partial charge in [-0.2, -0.15) is 0 Å². The molecule has 138 valence electrons. The molecule has 0 aliphatic carbocycles. The lowest BCUT2D eigenvalue weighted by Crippen LogP contribution is -2.45. The molecule has 0 saturated carbocycles. The average Bonchev–Trinajstić information content (AvgIpc) is 2.68. The van der Waals surface area contributed by atoms with Crippen molar-refractivity contribution in [2.24, 2.45) is 0 Å². The number of para-hydroxylation sites is 1. The van der Waals surface area contributed by atoms with Crippen LogP contribution in [0.25, 0.3) is 0 Å². The fourth-order valence-corrected chi connectivity index (χ4v) is 3.00. The summed E-state index contributed by atoms with van der Waals surface area (Å²) in [7, 11) is 1.73. The number of carbonyl (C=O) groups excluding carboxylic acids is 2. The summed E-state index contributed by atoms with van der Waals surface area (Å²) in [5.74, 6) is -0.272. The minimum absolute atomic E-state index is 0. The molecule has 1 heterocycles. The molecular formula is C20H24ClN3O2. The largest absolute Gasteiger partial charge is 0.348 e. The van der Waals surface area contributed by atoms with Crippen molar-refractivity contribution in [1.82, 2.24) is 10.6 Å². The van der Waals surface area contributed by atoms with Gasteiger partial charge < -0.3 is 15.5 Å². The summed E-state index contributed by atoms with van der Waals surface area (Å²) >= 11 is 0. The normalized spacial score (nSPS) is 16.3. The van der Waals surface area contributed by atoms with Gasteiger partial charge >= 0.3 is 0 Å². The Morgan fingerprint density at radius 2 is 1.81 bits per heavy atom. The van der Waals surface area contributed by atoms with E-state index in [0.29, 0.717) is 11.1 Å². The van der Waals surface area contributed by atoms with Crippen molar-refractivity contribution in [3.63, 3.8) is 0 Å². The second-order valence-electron chi connectivity index (χ2n) is 6.30. The molecule has 0 bridgehead atoms. The van der Waals surface area contributed by atoms with Gasteiger partial charge in [-0.1, -0.05) is 24.3 Å². The molecule has 0 unspecified atom stereocenters. The van der Waals surface area contributed by atoms with Crippen LogP contribution in [0.3, 0.4) is 0 Å². The molecule has 0 spiro atoms. The number of rotatable bonds is 4. The van der Waals surface area contributed by atoms with E-state index in [0.717, 1.165) is 31.6 Å². The highest BCUT2D eigenvalue weighted by Gasteiger charge is 2.18. The average molecular weight is 374 g/mol. The van der Waals surface area contributed by atoms with E-state index < -0.39 is 0 Å². The molecular weight excluding hydrogens is 350 g/mol. The predicted molar refractivity (Wildman–Crippen MR) is 106 cm³/mol. The number of nitrogens with one attached hydrogen (secondary N) is 2. The molecule has 2 amide bonds. The van der Waals surface area contributed by atoms with Gasteiger partial charge in [-0.15, -0.1) is 12.4 Å². The lowest BCUT2D eigenvalue weighted by Gasteiger charge is -2.24. The van der Waals surface area contributed by atoms with Crippen molar-refractivity contribution in [2.45, 2.75) is 18.9 Å². The van der Waals surface area contributed by atoms with Gasteiger partial charge in [-0.05, 0) is 49.7 Å². The molecule has 2 aromatic carbocycles. The van der Waals surface area contributed by atoms with E-state index in [4.69, 9.17) is 0 Å². The van der Waals surface area contributed by atoms with Crippen molar-refractivity contribution >= 4 is 29.9 Å². The SMILES string of the molecule is CN(C(=O)c1cccc(C(=O)N[C@H]2CCCNC2)c1)c1ccccc1.Cl. The second kappa shape index (κ2) is 9.36. The molecule has 1 fully saturated rings. The summed E-state index contributed by atoms with van der Waals surface area (Å²) in [6, 6.07) is 16.5. The first kappa shape index (κ1) is 19.9. The first-order valence-electron chi connectivity index (χ1n) is 8.60. The number of piperidine rings is 1. The molecule has 26 heavy (non-hydrogen) atoms. The summed E-state index contributed by atoms with van der Waals surface area (Å²) in [5.41, 5.74) is 1.83. The Kier molecular flexibility index (Phi) is 7.18. The molecule has 2 aromatic rings. The van der Waals surface area contributed by atoms with Gasteiger partial charge in [0.05, 0.1) is 0 Å². The highest BCUT2D eigenvalue weighted by Crippen LogP contribution is 2.16. The van der Waals surface area contributed by atoms with E-state index in [-0.39, 0.29) is 30.3 Å². The van der Waals surface area contributed by atoms with Crippen LogP contribution in [0.5, 0.6) is 0 Å². The van der Waals surface area contributed by atoms with Gasteiger partial charge in [0.25, 0.3) is 11.8 Å². The Labute approximate surface area is 160 Å². The first-order valence-corrected chi connectivity index (χ1v) is 8.60. The van der Waals surface area contributed by atoms with Gasteiger partial charge in [-0.25, -0.2) is 0 Å². The fourth-order valence-electron chi connectivity index (χ4n) is 3.00. The lowest BCUT2D eigenvalue weighted by molar-refractivity contribution is 0.0930. The lowest BCUT2D eigenvalue weighted by atomic mass is 10.1. The molecule has 2 N–H and O–H groups in total. The topological polar surface area (TPSA) is 61.4 Å². The summed E-state index contributed by atoms with van der Waals surface area (Å²) in [4.78, 5) is 26.7. The van der Waals surface area contributed by atoms with E-state index in [1.807, 2.05) is 30.3 Å². The van der Waals surface area contributed by atoms with Crippen molar-refractivity contribution in [3.05, 3.63) is 65.7 Å². The Bertz CT molecular complexity index is 746. The molecule has 0 radical (unpaired) electrons. The summed E-state index contributed by atoms with van der Waals surface area (Å²) in [5, 5.41) is 6.31. The molecule has 1 saturated heterocycles. The maximum absolute atomic E-state index is 12.7. The number of amides is 2. The van der Waals surface area contributed by atoms with E-state index in [1.54, 1.807) is 36.2 Å². The van der Waals surface area contributed by atoms with Crippen molar-refractivity contribution in [1.29, 1.82) is 0 Å². The van der Waals surface area contributed by atoms with Crippen LogP contribution in [-0.2, 0) is 0 Å². The zero-order valence-corrected chi connectivity index (χ0v) is 15.6. The second-order valence-corrected chi connectivity index (χ2v) is 6.30. The molecule has 6 heteroatoms. The number of nitrogens with zero attached hydrogens (tertiary/aromatic N) is 1. The number of benzene rings is 2. The highest BCUT2D eigenvalue weighted by atomic mass is 35.5. The molecule has 0 aromatic heterocycles. The van der Waals surface area contributed by atoms with E-state index in [9.17, 15) is 9.59 Å². The van der Waals surface area contributed by atoms with Crippen LogP contribution in [0.1, 0.15) is 33.6 Å². The number of halogens is 1. The third-order valence-electron chi connectivity index (χ3n) is 4.45. The van der Waals surface area contributed by atoms with Crippen molar-refractivity contribution < 1.29 is 9.59 Å². The highest BCUT2D eigenvalue weighted by molar-refractivity contribution is 6.07. The summed E-state index contributed by atoms with van der Waals surface area (Å²) in [6.07, 6.45) is 2.04. The Morgan fingerprint density at radius 3 is 2.50 bits per heavy atom. The van der Waals surface area contributed by atoms with Crippen LogP contribution in [0.15, 0.2) is 54.6 Å². The van der Waals surface area contributed by atoms with E-state index >= 15 is 0 Å². The predicted octanol–water partition coefficient (Wildman–Crippen LogP) is 2.87. The maximum atomic E-state index is 12.7. The van der Waals surface area contributed by atoms with Crippen LogP contribution in [0.2, 0.25) is 0 Å². The minimum atomic E-state index is -0.139. The summed E-state index contributed by atoms with van der Waals surface area (Å²) in [6.45, 7) is 1.79. The third kappa shape index (κ3) is 4.84. The van der Waals surface area contributed by atoms with E-state index in [1.165, 1.54) is 0 Å². The monoisotopic (exact) mass is 373 g/mol. The smallest absolute Gasteiger partial charge is 0.258 e. The molecule has 1 aliphatic rings. The zero-order valence-electron chi connectivity index (χ0n) is 14.8. The van der Waals surface area contributed by atoms with Gasteiger partial charge in [0.15, 0.2) is 0 Å². The zero-order chi connectivity index (χ0) is 17.6. The number of hydrogen-bond donors (Lipinski definition) is 2. The Morgan fingerprint density at radius 1 is 1.08 bits per heavy atom. The van der Waals surface area contributed by atoms with Crippen LogP contribution in [-0.4, -0.2) is 38.0 Å². The number of hydrogen-bond acceptors (Lipinski definition) is 3. The molecule has 1 aliphatic heterocycles. The number of anilines is 1. The van der Waals surface area contributed by atoms with Gasteiger partial charge in [0.1, 0.15) is 0 Å². The quantitative estimate of drug-likeness (QED) is 0.866. The van der Waals surface area contributed by atoms with Gasteiger partial charge in [0.2, 0.25) is 0 Å². The Balaban J connectivity index is 0.00000243. The fraction of sp³-hybridized carbons (Fsp3) is 0.300. The van der Waals surface area contributed by atoms with Gasteiger partial charge in [-0.3, -0.25) is 9.59 Å². The van der Waals surface area contributed by atoms with Crippen LogP contribution in [0, 0.1) is 0 Å². The number of carbonyl (C=O) groups is 2. The van der Waals surface area contributed by atoms with E-state index in [2.05, 4.69) is 10.6 Å². The molecule has 5 nitrogen and oxygen atoms in total. The summed E-state index contributed by atoms with van der Waals surface area (Å²) < 4.78 is 0. The van der Waals surface area contributed by atoms with Crippen molar-refractivity contribution in [2.75, 3.05) is 25.0 Å². The van der Waals surface area contributed by atoms with Crippen LogP contribution >= 0.6 is 12.4 Å². The standard InChI is InChI=1S/C20H23N3O2.ClH/c1-23(18-10-3-2-4-11-18)20(25)16-8-5-7-15(13-16)19(24)22-17-9-6-12-21-14-17;/h2-5,7-8,10-11,13,17,21H,6,9,12,14H2,1H3,(H,22,24);1H/t17-;/m0./s1. The van der Waals surface area contributed by atoms with Crippen LogP contribution < -0.4 is 15.5 Å². The minimum Gasteiger partial charge on any atom is -0.348 e. The Hall–Kier alpha value is -2.37. The molecule has 1 atom stereocenters. The van der Waals surface area contributed by atoms with Gasteiger partial charge in [0, 0.05) is 36.4 Å². The third-order valence-corrected chi connectivity index (χ3v) is 4.45. The maximum Gasteiger partial charge on any atom is 0.258 e.